The van der Waals surface area contributed by atoms with Crippen molar-refractivity contribution in [2.45, 2.75) is 0 Å². The van der Waals surface area contributed by atoms with Crippen LogP contribution < -0.4 is 10.1 Å². The molecule has 0 bridgehead atoms. The van der Waals surface area contributed by atoms with E-state index in [0.717, 1.165) is 27.8 Å². The van der Waals surface area contributed by atoms with Crippen LogP contribution in [0, 0.1) is 0 Å². The molecule has 0 atom stereocenters. The van der Waals surface area contributed by atoms with Crippen LogP contribution >= 0.6 is 11.3 Å². The zero-order valence-corrected chi connectivity index (χ0v) is 13.6. The molecule has 0 aliphatic rings. The Hall–Kier alpha value is -2.99. The highest BCUT2D eigenvalue weighted by atomic mass is 32.1. The van der Waals surface area contributed by atoms with Crippen molar-refractivity contribution < 1.29 is 4.79 Å². The van der Waals surface area contributed by atoms with Crippen molar-refractivity contribution in [1.82, 2.24) is 9.55 Å². The van der Waals surface area contributed by atoms with Crippen LogP contribution in [0.4, 0.5) is 5.69 Å². The molecule has 0 spiro atoms. The number of carbonyl (C=O) groups is 1. The lowest BCUT2D eigenvalue weighted by molar-refractivity contribution is 0.103. The Morgan fingerprint density at radius 2 is 2.00 bits per heavy atom. The summed E-state index contributed by atoms with van der Waals surface area (Å²) in [5.41, 5.74) is 2.45. The third-order valence-electron chi connectivity index (χ3n) is 3.88. The minimum absolute atomic E-state index is 0.113. The number of fused-ring (bicyclic) bond motifs is 2. The lowest BCUT2D eigenvalue weighted by atomic mass is 10.2. The molecule has 0 saturated heterocycles. The van der Waals surface area contributed by atoms with Crippen molar-refractivity contribution in [3.05, 3.63) is 69.3 Å². The molecule has 0 aliphatic carbocycles. The van der Waals surface area contributed by atoms with E-state index in [1.807, 2.05) is 48.0 Å². The summed E-state index contributed by atoms with van der Waals surface area (Å²) in [4.78, 5) is 29.3. The Morgan fingerprint density at radius 3 is 2.88 bits per heavy atom. The second-order valence-corrected chi connectivity index (χ2v) is 6.51. The van der Waals surface area contributed by atoms with E-state index < -0.39 is 0 Å². The fraction of sp³-hybridized carbons (Fsp3) is 0.0556. The van der Waals surface area contributed by atoms with E-state index in [-0.39, 0.29) is 10.6 Å². The quantitative estimate of drug-likeness (QED) is 0.611. The summed E-state index contributed by atoms with van der Waals surface area (Å²) in [5, 5.41) is 4.24. The molecular weight excluding hydrogens is 322 g/mol. The number of imidazole rings is 1. The van der Waals surface area contributed by atoms with Gasteiger partial charge in [-0.2, -0.15) is 0 Å². The highest BCUT2D eigenvalue weighted by molar-refractivity contribution is 7.12. The summed E-state index contributed by atoms with van der Waals surface area (Å²) in [6, 6.07) is 14.6. The second-order valence-electron chi connectivity index (χ2n) is 5.50. The lowest BCUT2D eigenvalue weighted by Crippen LogP contribution is -2.12. The first-order valence-corrected chi connectivity index (χ1v) is 8.19. The van der Waals surface area contributed by atoms with E-state index in [1.54, 1.807) is 18.5 Å². The Morgan fingerprint density at radius 1 is 1.17 bits per heavy atom. The first kappa shape index (κ1) is 14.6. The third-order valence-corrected chi connectivity index (χ3v) is 4.81. The summed E-state index contributed by atoms with van der Waals surface area (Å²) in [6.45, 7) is 0. The smallest absolute Gasteiger partial charge is 0.265 e. The molecule has 1 N–H and O–H groups in total. The maximum absolute atomic E-state index is 12.5. The van der Waals surface area contributed by atoms with Crippen LogP contribution in [-0.2, 0) is 7.05 Å². The van der Waals surface area contributed by atoms with Crippen LogP contribution in [-0.4, -0.2) is 15.5 Å². The summed E-state index contributed by atoms with van der Waals surface area (Å²) in [5.74, 6) is -0.293. The molecule has 2 aromatic heterocycles. The van der Waals surface area contributed by atoms with Gasteiger partial charge in [-0.25, -0.2) is 4.98 Å². The number of nitrogens with one attached hydrogen (secondary N) is 1. The van der Waals surface area contributed by atoms with E-state index in [0.29, 0.717) is 16.0 Å². The average Bonchev–Trinajstić information content (AvgIpc) is 2.95. The van der Waals surface area contributed by atoms with Gasteiger partial charge < -0.3 is 9.88 Å². The first-order chi connectivity index (χ1) is 11.6. The topological polar surface area (TPSA) is 64.0 Å². The molecule has 0 unspecified atom stereocenters. The largest absolute Gasteiger partial charge is 0.334 e. The minimum atomic E-state index is -0.293. The molecule has 118 valence electrons. The minimum Gasteiger partial charge on any atom is -0.334 e. The van der Waals surface area contributed by atoms with Crippen LogP contribution in [0.3, 0.4) is 0 Å². The lowest BCUT2D eigenvalue weighted by Gasteiger charge is -2.06. The second kappa shape index (κ2) is 5.58. The van der Waals surface area contributed by atoms with Crippen molar-refractivity contribution in [3.8, 4) is 0 Å². The molecule has 4 aromatic rings. The third kappa shape index (κ3) is 2.47. The van der Waals surface area contributed by atoms with E-state index in [2.05, 4.69) is 10.3 Å². The van der Waals surface area contributed by atoms with Crippen molar-refractivity contribution in [1.29, 1.82) is 0 Å². The molecule has 0 saturated carbocycles. The van der Waals surface area contributed by atoms with Gasteiger partial charge in [-0.05, 0) is 35.7 Å². The van der Waals surface area contributed by atoms with Gasteiger partial charge in [0.2, 0.25) is 4.74 Å². The number of hydrogen-bond acceptors (Lipinski definition) is 4. The highest BCUT2D eigenvalue weighted by Gasteiger charge is 2.11. The normalized spacial score (nSPS) is 11.0. The maximum atomic E-state index is 12.5. The Balaban J connectivity index is 1.69. The molecule has 5 nitrogen and oxygen atoms in total. The molecule has 0 fully saturated rings. The number of nitrogens with zero attached hydrogens (tertiary/aromatic N) is 2. The van der Waals surface area contributed by atoms with Crippen LogP contribution in [0.5, 0.6) is 0 Å². The highest BCUT2D eigenvalue weighted by Crippen LogP contribution is 2.20. The average molecular weight is 335 g/mol. The predicted octanol–water partition coefficient (Wildman–Crippen LogP) is 3.40. The molecule has 1 amide bonds. The number of aromatic nitrogens is 2. The number of aryl methyl sites for hydroxylation is 1. The standard InChI is InChI=1S/C18H13N3O2S/c1-21-10-19-14-9-12(6-7-15(14)21)20-17(22)16-8-11-4-2-3-5-13(11)18(23)24-16/h2-10H,1H3,(H,20,22). The van der Waals surface area contributed by atoms with Crippen molar-refractivity contribution in [2.24, 2.45) is 7.05 Å². The summed E-state index contributed by atoms with van der Waals surface area (Å²) < 4.78 is 1.80. The molecule has 24 heavy (non-hydrogen) atoms. The van der Waals surface area contributed by atoms with Gasteiger partial charge in [0.15, 0.2) is 0 Å². The van der Waals surface area contributed by atoms with Crippen molar-refractivity contribution in [3.63, 3.8) is 0 Å². The summed E-state index contributed by atoms with van der Waals surface area (Å²) in [6.07, 6.45) is 1.73. The van der Waals surface area contributed by atoms with Gasteiger partial charge in [0.05, 0.1) is 22.2 Å². The van der Waals surface area contributed by atoms with Crippen LogP contribution in [0.1, 0.15) is 9.67 Å². The van der Waals surface area contributed by atoms with Crippen molar-refractivity contribution in [2.75, 3.05) is 5.32 Å². The van der Waals surface area contributed by atoms with E-state index in [4.69, 9.17) is 0 Å². The zero-order valence-electron chi connectivity index (χ0n) is 12.8. The van der Waals surface area contributed by atoms with Gasteiger partial charge in [0.1, 0.15) is 0 Å². The number of amides is 1. The molecule has 2 heterocycles. The zero-order chi connectivity index (χ0) is 16.7. The summed E-state index contributed by atoms with van der Waals surface area (Å²) in [7, 11) is 1.92. The Labute approximate surface area is 141 Å². The van der Waals surface area contributed by atoms with Crippen molar-refractivity contribution >= 4 is 44.7 Å². The van der Waals surface area contributed by atoms with Crippen LogP contribution in [0.2, 0.25) is 0 Å². The molecular formula is C18H13N3O2S. The SMILES string of the molecule is Cn1cnc2cc(NC(=O)c3cc4ccccc4c(=O)s3)ccc21. The number of carbonyl (C=O) groups excluding carboxylic acids is 1. The molecule has 2 aromatic carbocycles. The number of hydrogen-bond donors (Lipinski definition) is 1. The van der Waals surface area contributed by atoms with Crippen LogP contribution in [0.15, 0.2) is 59.7 Å². The van der Waals surface area contributed by atoms with E-state index in [9.17, 15) is 9.59 Å². The van der Waals surface area contributed by atoms with Gasteiger partial charge >= 0.3 is 0 Å². The van der Waals surface area contributed by atoms with Crippen LogP contribution in [0.25, 0.3) is 21.8 Å². The molecule has 0 radical (unpaired) electrons. The van der Waals surface area contributed by atoms with E-state index >= 15 is 0 Å². The van der Waals surface area contributed by atoms with Gasteiger partial charge in [0, 0.05) is 18.1 Å². The number of anilines is 1. The van der Waals surface area contributed by atoms with Gasteiger partial charge in [-0.15, -0.1) is 0 Å². The first-order valence-electron chi connectivity index (χ1n) is 7.37. The van der Waals surface area contributed by atoms with Gasteiger partial charge in [-0.1, -0.05) is 29.5 Å². The van der Waals surface area contributed by atoms with Gasteiger partial charge in [0.25, 0.3) is 5.91 Å². The van der Waals surface area contributed by atoms with E-state index in [1.165, 1.54) is 0 Å². The number of benzene rings is 2. The molecule has 0 aliphatic heterocycles. The number of rotatable bonds is 2. The molecule has 6 heteroatoms. The maximum Gasteiger partial charge on any atom is 0.265 e. The fourth-order valence-corrected chi connectivity index (χ4v) is 3.48. The van der Waals surface area contributed by atoms with Gasteiger partial charge in [-0.3, -0.25) is 9.59 Å². The molecule has 4 rings (SSSR count). The Bertz CT molecular complexity index is 1140. The Kier molecular flexibility index (Phi) is 3.39. The summed E-state index contributed by atoms with van der Waals surface area (Å²) >= 11 is 0.955. The predicted molar refractivity (Wildman–Crippen MR) is 96.8 cm³/mol. The monoisotopic (exact) mass is 335 g/mol. The fourth-order valence-electron chi connectivity index (χ4n) is 2.65.